The van der Waals surface area contributed by atoms with Crippen LogP contribution in [0.2, 0.25) is 0 Å². The number of halogens is 1. The molecule has 3 rings (SSSR count). The van der Waals surface area contributed by atoms with Crippen LogP contribution in [0.3, 0.4) is 0 Å². The van der Waals surface area contributed by atoms with Crippen LogP contribution in [-0.2, 0) is 0 Å². The molecule has 0 radical (unpaired) electrons. The molecule has 0 saturated carbocycles. The van der Waals surface area contributed by atoms with Gasteiger partial charge in [0.2, 0.25) is 0 Å². The maximum atomic E-state index is 12.2. The molecular formula is C18H26BrN3O2. The molecule has 2 amide bonds. The number of fused-ring (bicyclic) bond motifs is 1. The number of hydrogen-bond acceptors (Lipinski definition) is 3. The first-order valence-electron chi connectivity index (χ1n) is 8.84. The molecule has 0 bridgehead atoms. The molecule has 1 fully saturated rings. The largest absolute Gasteiger partial charge is 0.493 e. The van der Waals surface area contributed by atoms with E-state index in [1.807, 2.05) is 18.2 Å². The van der Waals surface area contributed by atoms with Crippen LogP contribution < -0.4 is 15.4 Å². The van der Waals surface area contributed by atoms with Crippen molar-refractivity contribution < 1.29 is 9.53 Å². The maximum Gasteiger partial charge on any atom is 0.315 e. The number of piperidine rings is 1. The summed E-state index contributed by atoms with van der Waals surface area (Å²) in [6.07, 6.45) is 4.65. The van der Waals surface area contributed by atoms with Crippen molar-refractivity contribution in [2.75, 3.05) is 26.2 Å². The standard InChI is InChI=1S/C18H26BrN3O2/c1-13-4-2-3-9-22(13)10-8-20-18(23)21-16-7-11-24-17-6-5-14(19)12-15(16)17/h5-6,12-13,16H,2-4,7-11H2,1H3,(H2,20,21,23)/t13-,16+/m1/s1. The zero-order valence-corrected chi connectivity index (χ0v) is 15.8. The quantitative estimate of drug-likeness (QED) is 0.820. The number of carbonyl (C=O) groups is 1. The molecule has 0 aliphatic carbocycles. The maximum absolute atomic E-state index is 12.2. The SMILES string of the molecule is C[C@@H]1CCCCN1CCNC(=O)N[C@H]1CCOc2ccc(Br)cc21. The van der Waals surface area contributed by atoms with Crippen LogP contribution in [0.5, 0.6) is 5.75 Å². The zero-order valence-electron chi connectivity index (χ0n) is 14.2. The first-order chi connectivity index (χ1) is 11.6. The summed E-state index contributed by atoms with van der Waals surface area (Å²) in [7, 11) is 0. The van der Waals surface area contributed by atoms with Crippen LogP contribution in [0.15, 0.2) is 22.7 Å². The van der Waals surface area contributed by atoms with E-state index < -0.39 is 0 Å². The number of urea groups is 1. The second kappa shape index (κ2) is 8.21. The van der Waals surface area contributed by atoms with Gasteiger partial charge in [-0.3, -0.25) is 4.90 Å². The molecule has 2 atom stereocenters. The topological polar surface area (TPSA) is 53.6 Å². The molecule has 2 N–H and O–H groups in total. The minimum absolute atomic E-state index is 0.000148. The Hall–Kier alpha value is -1.27. The van der Waals surface area contributed by atoms with Gasteiger partial charge in [0.05, 0.1) is 12.6 Å². The van der Waals surface area contributed by atoms with Gasteiger partial charge in [-0.25, -0.2) is 4.79 Å². The summed E-state index contributed by atoms with van der Waals surface area (Å²) >= 11 is 3.49. The van der Waals surface area contributed by atoms with E-state index in [0.717, 1.165) is 35.3 Å². The van der Waals surface area contributed by atoms with Crippen molar-refractivity contribution in [2.45, 2.75) is 44.7 Å². The lowest BCUT2D eigenvalue weighted by atomic mass is 10.0. The highest BCUT2D eigenvalue weighted by atomic mass is 79.9. The van der Waals surface area contributed by atoms with E-state index in [1.165, 1.54) is 19.3 Å². The summed E-state index contributed by atoms with van der Waals surface area (Å²) < 4.78 is 6.66. The summed E-state index contributed by atoms with van der Waals surface area (Å²) in [6.45, 7) is 5.65. The van der Waals surface area contributed by atoms with Crippen LogP contribution >= 0.6 is 15.9 Å². The Morgan fingerprint density at radius 3 is 3.08 bits per heavy atom. The number of nitrogens with one attached hydrogen (secondary N) is 2. The Balaban J connectivity index is 1.48. The normalized spacial score (nSPS) is 23.9. The molecule has 0 aromatic heterocycles. The fraction of sp³-hybridized carbons (Fsp3) is 0.611. The van der Waals surface area contributed by atoms with Gasteiger partial charge in [0, 0.05) is 35.6 Å². The number of ether oxygens (including phenoxy) is 1. The fourth-order valence-corrected chi connectivity index (χ4v) is 3.91. The molecule has 1 aromatic carbocycles. The van der Waals surface area contributed by atoms with Gasteiger partial charge >= 0.3 is 6.03 Å². The Bertz CT molecular complexity index is 581. The van der Waals surface area contributed by atoms with Crippen molar-refractivity contribution in [2.24, 2.45) is 0 Å². The number of nitrogens with zero attached hydrogens (tertiary/aromatic N) is 1. The number of rotatable bonds is 4. The van der Waals surface area contributed by atoms with E-state index in [-0.39, 0.29) is 12.1 Å². The molecule has 6 heteroatoms. The van der Waals surface area contributed by atoms with Crippen LogP contribution in [0, 0.1) is 0 Å². The van der Waals surface area contributed by atoms with Crippen molar-refractivity contribution in [3.8, 4) is 5.75 Å². The smallest absolute Gasteiger partial charge is 0.315 e. The Morgan fingerprint density at radius 2 is 2.25 bits per heavy atom. The van der Waals surface area contributed by atoms with Crippen molar-refractivity contribution in [1.29, 1.82) is 0 Å². The minimum atomic E-state index is -0.0995. The van der Waals surface area contributed by atoms with Gasteiger partial charge in [-0.1, -0.05) is 22.4 Å². The molecule has 5 nitrogen and oxygen atoms in total. The number of hydrogen-bond donors (Lipinski definition) is 2. The van der Waals surface area contributed by atoms with Crippen molar-refractivity contribution in [1.82, 2.24) is 15.5 Å². The molecule has 24 heavy (non-hydrogen) atoms. The lowest BCUT2D eigenvalue weighted by molar-refractivity contribution is 0.161. The summed E-state index contributed by atoms with van der Waals surface area (Å²) in [5.41, 5.74) is 1.04. The van der Waals surface area contributed by atoms with Crippen molar-refractivity contribution in [3.63, 3.8) is 0 Å². The highest BCUT2D eigenvalue weighted by Crippen LogP contribution is 2.33. The number of carbonyl (C=O) groups excluding carboxylic acids is 1. The molecule has 132 valence electrons. The first-order valence-corrected chi connectivity index (χ1v) is 9.63. The molecule has 1 saturated heterocycles. The van der Waals surface area contributed by atoms with E-state index in [1.54, 1.807) is 0 Å². The summed E-state index contributed by atoms with van der Waals surface area (Å²) in [5, 5.41) is 6.08. The van der Waals surface area contributed by atoms with E-state index in [9.17, 15) is 4.79 Å². The van der Waals surface area contributed by atoms with Crippen molar-refractivity contribution in [3.05, 3.63) is 28.2 Å². The fourth-order valence-electron chi connectivity index (χ4n) is 3.53. The van der Waals surface area contributed by atoms with Gasteiger partial charge in [-0.05, 0) is 44.5 Å². The summed E-state index contributed by atoms with van der Waals surface area (Å²) in [6, 6.07) is 6.46. The zero-order chi connectivity index (χ0) is 16.9. The second-order valence-electron chi connectivity index (χ2n) is 6.65. The van der Waals surface area contributed by atoms with Gasteiger partial charge in [-0.15, -0.1) is 0 Å². The third-order valence-electron chi connectivity index (χ3n) is 4.94. The van der Waals surface area contributed by atoms with Crippen LogP contribution in [0.1, 0.15) is 44.2 Å². The van der Waals surface area contributed by atoms with Crippen LogP contribution in [0.25, 0.3) is 0 Å². The third kappa shape index (κ3) is 4.42. The summed E-state index contributed by atoms with van der Waals surface area (Å²) in [4.78, 5) is 14.7. The average Bonchev–Trinajstić information content (AvgIpc) is 2.57. The molecule has 0 spiro atoms. The molecule has 2 aliphatic heterocycles. The van der Waals surface area contributed by atoms with E-state index in [2.05, 4.69) is 38.4 Å². The molecule has 2 heterocycles. The van der Waals surface area contributed by atoms with Gasteiger partial charge in [-0.2, -0.15) is 0 Å². The molecule has 0 unspecified atom stereocenters. The average molecular weight is 396 g/mol. The van der Waals surface area contributed by atoms with E-state index >= 15 is 0 Å². The predicted molar refractivity (Wildman–Crippen MR) is 98.4 cm³/mol. The Morgan fingerprint density at radius 1 is 1.38 bits per heavy atom. The third-order valence-corrected chi connectivity index (χ3v) is 5.44. The second-order valence-corrected chi connectivity index (χ2v) is 7.57. The van der Waals surface area contributed by atoms with Crippen molar-refractivity contribution >= 4 is 22.0 Å². The van der Waals surface area contributed by atoms with Gasteiger partial charge in [0.15, 0.2) is 0 Å². The predicted octanol–water partition coefficient (Wildman–Crippen LogP) is 3.45. The lowest BCUT2D eigenvalue weighted by Crippen LogP contribution is -2.45. The van der Waals surface area contributed by atoms with Crippen LogP contribution in [-0.4, -0.2) is 43.2 Å². The lowest BCUT2D eigenvalue weighted by Gasteiger charge is -2.33. The van der Waals surface area contributed by atoms with Gasteiger partial charge < -0.3 is 15.4 Å². The highest BCUT2D eigenvalue weighted by Gasteiger charge is 2.23. The number of likely N-dealkylation sites (tertiary alicyclic amines) is 1. The Labute approximate surface area is 152 Å². The van der Waals surface area contributed by atoms with E-state index in [4.69, 9.17) is 4.74 Å². The monoisotopic (exact) mass is 395 g/mol. The minimum Gasteiger partial charge on any atom is -0.493 e. The Kier molecular flexibility index (Phi) is 6.00. The number of benzene rings is 1. The van der Waals surface area contributed by atoms with Crippen LogP contribution in [0.4, 0.5) is 4.79 Å². The highest BCUT2D eigenvalue weighted by molar-refractivity contribution is 9.10. The molecular weight excluding hydrogens is 370 g/mol. The molecule has 2 aliphatic rings. The van der Waals surface area contributed by atoms with Gasteiger partial charge in [0.25, 0.3) is 0 Å². The number of amides is 2. The van der Waals surface area contributed by atoms with E-state index in [0.29, 0.717) is 19.2 Å². The summed E-state index contributed by atoms with van der Waals surface area (Å²) in [5.74, 6) is 0.858. The van der Waals surface area contributed by atoms with Gasteiger partial charge in [0.1, 0.15) is 5.75 Å². The molecule has 1 aromatic rings. The first kappa shape index (κ1) is 17.5.